The highest BCUT2D eigenvalue weighted by atomic mass is 79.9. The van der Waals surface area contributed by atoms with Crippen LogP contribution in [0.3, 0.4) is 0 Å². The molecular weight excluding hydrogens is 516 g/mol. The average molecular weight is 558 g/mol. The molecule has 2 N–H and O–H groups in total. The third-order valence-electron chi connectivity index (χ3n) is 7.52. The summed E-state index contributed by atoms with van der Waals surface area (Å²) in [5.74, 6) is 1.98. The van der Waals surface area contributed by atoms with Crippen LogP contribution in [0.2, 0.25) is 0 Å². The first-order valence-electron chi connectivity index (χ1n) is 12.5. The third kappa shape index (κ3) is 6.22. The molecule has 0 aromatic heterocycles. The van der Waals surface area contributed by atoms with Gasteiger partial charge in [0.2, 0.25) is 0 Å². The molecular formula is C27H42BrClN2O3. The first kappa shape index (κ1) is 27.6. The second kappa shape index (κ2) is 9.82. The van der Waals surface area contributed by atoms with Crippen LogP contribution < -0.4 is 20.1 Å². The number of hydrogen-bond donors (Lipinski definition) is 2. The number of halogens is 2. The van der Waals surface area contributed by atoms with Crippen LogP contribution in [0, 0.1) is 16.7 Å². The van der Waals surface area contributed by atoms with Gasteiger partial charge in [0.05, 0.1) is 11.1 Å². The molecule has 0 heterocycles. The Morgan fingerprint density at radius 3 is 2.29 bits per heavy atom. The molecule has 4 saturated carbocycles. The van der Waals surface area contributed by atoms with Crippen LogP contribution in [0.5, 0.6) is 11.5 Å². The van der Waals surface area contributed by atoms with Crippen LogP contribution in [-0.4, -0.2) is 30.2 Å². The topological polar surface area (TPSA) is 59.6 Å². The van der Waals surface area contributed by atoms with Gasteiger partial charge in [-0.2, -0.15) is 0 Å². The lowest BCUT2D eigenvalue weighted by molar-refractivity contribution is -0.124. The van der Waals surface area contributed by atoms with E-state index in [9.17, 15) is 4.79 Å². The Hall–Kier alpha value is -0.980. The van der Waals surface area contributed by atoms with Crippen molar-refractivity contribution in [3.8, 4) is 11.5 Å². The highest BCUT2D eigenvalue weighted by Crippen LogP contribution is 2.66. The van der Waals surface area contributed by atoms with E-state index >= 15 is 0 Å². The molecule has 1 aromatic carbocycles. The second-order valence-electron chi connectivity index (χ2n) is 12.7. The van der Waals surface area contributed by atoms with Crippen LogP contribution in [0.25, 0.3) is 0 Å². The van der Waals surface area contributed by atoms with Crippen molar-refractivity contribution < 1.29 is 14.3 Å². The first-order chi connectivity index (χ1) is 15.3. The summed E-state index contributed by atoms with van der Waals surface area (Å²) >= 11 is 3.67. The van der Waals surface area contributed by atoms with Gasteiger partial charge >= 0.3 is 0 Å². The normalized spacial score (nSPS) is 31.7. The molecule has 7 heteroatoms. The average Bonchev–Trinajstić information content (AvgIpc) is 2.61. The zero-order valence-corrected chi connectivity index (χ0v) is 24.0. The number of hydrogen-bond acceptors (Lipinski definition) is 4. The Balaban J connectivity index is 0.00000324. The van der Waals surface area contributed by atoms with Crippen LogP contribution in [0.4, 0.5) is 0 Å². The summed E-state index contributed by atoms with van der Waals surface area (Å²) in [6, 6.07) is 4.15. The van der Waals surface area contributed by atoms with Gasteiger partial charge in [0.15, 0.2) is 18.1 Å². The van der Waals surface area contributed by atoms with Crippen molar-refractivity contribution in [2.45, 2.75) is 97.7 Å². The number of carbonyl (C=O) groups excluding carboxylic acids is 1. The molecule has 2 unspecified atom stereocenters. The fourth-order valence-corrected chi connectivity index (χ4v) is 8.26. The van der Waals surface area contributed by atoms with E-state index in [0.29, 0.717) is 28.9 Å². The molecule has 4 bridgehead atoms. The smallest absolute Gasteiger partial charge is 0.258 e. The molecule has 4 aliphatic rings. The fraction of sp³-hybridized carbons (Fsp3) is 0.741. The summed E-state index contributed by atoms with van der Waals surface area (Å²) in [6.07, 6.45) is 8.07. The Labute approximate surface area is 220 Å². The predicted molar refractivity (Wildman–Crippen MR) is 143 cm³/mol. The molecule has 0 spiro atoms. The van der Waals surface area contributed by atoms with E-state index in [4.69, 9.17) is 9.47 Å². The molecule has 0 saturated heterocycles. The standard InChI is InChI=1S/C27H41BrN2O3.ClH/c1-7-32-21-9-18(8-20(28)23(21)33-14-22(31)30-24(2,3)4)13-29-27-12-19-10-25(5,16-27)15-26(6,11-19)17-27;/h8-9,19,29H,7,10-17H2,1-6H3,(H,30,31);1H. The van der Waals surface area contributed by atoms with Crippen LogP contribution in [-0.2, 0) is 11.3 Å². The molecule has 192 valence electrons. The summed E-state index contributed by atoms with van der Waals surface area (Å²) in [5, 5.41) is 6.94. The van der Waals surface area contributed by atoms with Gasteiger partial charge in [-0.25, -0.2) is 0 Å². The minimum Gasteiger partial charge on any atom is -0.490 e. The fourth-order valence-electron chi connectivity index (χ4n) is 7.65. The number of ether oxygens (including phenoxy) is 2. The maximum Gasteiger partial charge on any atom is 0.258 e. The number of rotatable bonds is 8. The van der Waals surface area contributed by atoms with Gasteiger partial charge in [-0.1, -0.05) is 13.8 Å². The monoisotopic (exact) mass is 556 g/mol. The quantitative estimate of drug-likeness (QED) is 0.388. The van der Waals surface area contributed by atoms with Gasteiger partial charge in [0, 0.05) is 17.6 Å². The SMILES string of the molecule is CCOc1cc(CNC23CC4CC(C)(CC(C)(C4)C2)C3)cc(Br)c1OCC(=O)NC(C)(C)C.Cl. The largest absolute Gasteiger partial charge is 0.490 e. The molecule has 0 aliphatic heterocycles. The lowest BCUT2D eigenvalue weighted by atomic mass is 9.43. The molecule has 2 atom stereocenters. The highest BCUT2D eigenvalue weighted by Gasteiger charge is 2.59. The molecule has 0 radical (unpaired) electrons. The summed E-state index contributed by atoms with van der Waals surface area (Å²) < 4.78 is 12.6. The van der Waals surface area contributed by atoms with E-state index in [1.54, 1.807) is 0 Å². The van der Waals surface area contributed by atoms with E-state index < -0.39 is 0 Å². The predicted octanol–water partition coefficient (Wildman–Crippen LogP) is 6.40. The van der Waals surface area contributed by atoms with Crippen LogP contribution in [0.1, 0.15) is 85.6 Å². The van der Waals surface area contributed by atoms with Gasteiger partial charge in [-0.15, -0.1) is 12.4 Å². The highest BCUT2D eigenvalue weighted by molar-refractivity contribution is 9.10. The van der Waals surface area contributed by atoms with Crippen molar-refractivity contribution in [2.75, 3.05) is 13.2 Å². The molecule has 5 nitrogen and oxygen atoms in total. The number of nitrogens with one attached hydrogen (secondary N) is 2. The minimum absolute atomic E-state index is 0. The molecule has 1 aromatic rings. The third-order valence-corrected chi connectivity index (χ3v) is 8.11. The van der Waals surface area contributed by atoms with Crippen molar-refractivity contribution in [1.29, 1.82) is 0 Å². The van der Waals surface area contributed by atoms with Gasteiger partial charge in [0.25, 0.3) is 5.91 Å². The number of benzene rings is 1. The lowest BCUT2D eigenvalue weighted by Crippen LogP contribution is -2.63. The Kier molecular flexibility index (Phi) is 7.97. The van der Waals surface area contributed by atoms with E-state index in [1.807, 2.05) is 27.7 Å². The van der Waals surface area contributed by atoms with Crippen molar-refractivity contribution in [2.24, 2.45) is 16.7 Å². The van der Waals surface area contributed by atoms with Gasteiger partial charge < -0.3 is 20.1 Å². The first-order valence-corrected chi connectivity index (χ1v) is 13.3. The van der Waals surface area contributed by atoms with Gasteiger partial charge in [0.1, 0.15) is 0 Å². The Morgan fingerprint density at radius 1 is 1.09 bits per heavy atom. The lowest BCUT2D eigenvalue weighted by Gasteiger charge is -2.65. The summed E-state index contributed by atoms with van der Waals surface area (Å²) in [4.78, 5) is 12.2. The molecule has 34 heavy (non-hydrogen) atoms. The summed E-state index contributed by atoms with van der Waals surface area (Å²) in [7, 11) is 0. The van der Waals surface area contributed by atoms with Crippen LogP contribution >= 0.6 is 28.3 Å². The van der Waals surface area contributed by atoms with Crippen molar-refractivity contribution in [3.63, 3.8) is 0 Å². The van der Waals surface area contributed by atoms with Crippen molar-refractivity contribution >= 4 is 34.2 Å². The molecule has 4 fully saturated rings. The van der Waals surface area contributed by atoms with E-state index in [-0.39, 0.29) is 36.0 Å². The molecule has 5 rings (SSSR count). The summed E-state index contributed by atoms with van der Waals surface area (Å²) in [6.45, 7) is 14.2. The molecule has 1 amide bonds. The van der Waals surface area contributed by atoms with E-state index in [2.05, 4.69) is 52.5 Å². The van der Waals surface area contributed by atoms with E-state index in [0.717, 1.165) is 16.9 Å². The van der Waals surface area contributed by atoms with Crippen LogP contribution in [0.15, 0.2) is 16.6 Å². The van der Waals surface area contributed by atoms with Crippen molar-refractivity contribution in [1.82, 2.24) is 10.6 Å². The Bertz CT molecular complexity index is 898. The second-order valence-corrected chi connectivity index (χ2v) is 13.5. The van der Waals surface area contributed by atoms with Gasteiger partial charge in [-0.3, -0.25) is 4.79 Å². The van der Waals surface area contributed by atoms with E-state index in [1.165, 1.54) is 44.1 Å². The number of amides is 1. The zero-order valence-electron chi connectivity index (χ0n) is 21.6. The maximum atomic E-state index is 12.2. The minimum atomic E-state index is -0.290. The van der Waals surface area contributed by atoms with Crippen molar-refractivity contribution in [3.05, 3.63) is 22.2 Å². The maximum absolute atomic E-state index is 12.2. The van der Waals surface area contributed by atoms with Gasteiger partial charge in [-0.05, 0) is 117 Å². The number of carbonyl (C=O) groups is 1. The molecule has 4 aliphatic carbocycles. The zero-order chi connectivity index (χ0) is 24.1. The summed E-state index contributed by atoms with van der Waals surface area (Å²) in [5.41, 5.74) is 2.11. The Morgan fingerprint density at radius 2 is 1.74 bits per heavy atom.